The molecule has 6 nitrogen and oxygen atoms in total. The van der Waals surface area contributed by atoms with Gasteiger partial charge in [0.05, 0.1) is 25.4 Å². The highest BCUT2D eigenvalue weighted by Gasteiger charge is 2.20. The van der Waals surface area contributed by atoms with E-state index in [4.69, 9.17) is 4.74 Å². The van der Waals surface area contributed by atoms with E-state index in [0.717, 1.165) is 44.9 Å². The van der Waals surface area contributed by atoms with Crippen LogP contribution in [0.15, 0.2) is 12.2 Å². The van der Waals surface area contributed by atoms with Crippen molar-refractivity contribution in [2.45, 2.75) is 341 Å². The summed E-state index contributed by atoms with van der Waals surface area (Å²) in [6.45, 7) is 4.91. The first kappa shape index (κ1) is 63.6. The van der Waals surface area contributed by atoms with Gasteiger partial charge < -0.3 is 20.3 Å². The molecule has 0 aliphatic heterocycles. The zero-order chi connectivity index (χ0) is 47.2. The average Bonchev–Trinajstić information content (AvgIpc) is 3.31. The molecule has 0 aromatic carbocycles. The van der Waals surface area contributed by atoms with Gasteiger partial charge >= 0.3 is 5.97 Å². The summed E-state index contributed by atoms with van der Waals surface area (Å²) in [6, 6.07) is -0.536. The number of carbonyl (C=O) groups is 2. The Morgan fingerprint density at radius 1 is 0.415 bits per heavy atom. The van der Waals surface area contributed by atoms with Crippen molar-refractivity contribution in [3.05, 3.63) is 12.2 Å². The van der Waals surface area contributed by atoms with Gasteiger partial charge in [-0.2, -0.15) is 0 Å². The van der Waals surface area contributed by atoms with E-state index < -0.39 is 12.1 Å². The monoisotopic (exact) mass is 918 g/mol. The number of amides is 1. The molecule has 386 valence electrons. The van der Waals surface area contributed by atoms with Crippen molar-refractivity contribution in [3.8, 4) is 0 Å². The lowest BCUT2D eigenvalue weighted by molar-refractivity contribution is -0.143. The van der Waals surface area contributed by atoms with Crippen molar-refractivity contribution in [3.63, 3.8) is 0 Å². The minimum atomic E-state index is -0.658. The first-order valence-electron chi connectivity index (χ1n) is 29.4. The molecule has 0 rings (SSSR count). The number of aliphatic hydroxyl groups excluding tert-OH is 2. The van der Waals surface area contributed by atoms with Gasteiger partial charge in [0.15, 0.2) is 0 Å². The van der Waals surface area contributed by atoms with Crippen LogP contribution >= 0.6 is 0 Å². The standard InChI is InChI=1S/C59H115NO5/c1-3-5-7-9-11-13-32-37-41-45-49-53-59(64)65-54-50-46-42-38-34-31-29-27-25-23-21-19-17-15-14-16-18-20-22-24-26-28-30-33-36-40-44-48-52-58(63)60-56(55-61)57(62)51-47-43-39-35-12-10-8-6-4-2/h9,11,56-57,61-62H,3-8,10,12-55H2,1-2H3,(H,60,63)/b11-9-. The normalized spacial score (nSPS) is 12.6. The lowest BCUT2D eigenvalue weighted by atomic mass is 10.0. The van der Waals surface area contributed by atoms with Crippen LogP contribution in [0.2, 0.25) is 0 Å². The summed E-state index contributed by atoms with van der Waals surface area (Å²) in [5.74, 6) is -0.0253. The van der Waals surface area contributed by atoms with Gasteiger partial charge in [0.1, 0.15) is 0 Å². The average molecular weight is 919 g/mol. The summed E-state index contributed by atoms with van der Waals surface area (Å²) in [6.07, 6.45) is 65.2. The van der Waals surface area contributed by atoms with Crippen LogP contribution in [-0.2, 0) is 14.3 Å². The predicted octanol–water partition coefficient (Wildman–Crippen LogP) is 18.1. The van der Waals surface area contributed by atoms with Gasteiger partial charge in [-0.1, -0.05) is 283 Å². The zero-order valence-corrected chi connectivity index (χ0v) is 44.0. The molecule has 0 radical (unpaired) electrons. The summed E-state index contributed by atoms with van der Waals surface area (Å²) in [5, 5.41) is 23.1. The first-order chi connectivity index (χ1) is 32.0. The number of allylic oxidation sites excluding steroid dienone is 2. The van der Waals surface area contributed by atoms with Gasteiger partial charge in [-0.25, -0.2) is 0 Å². The molecule has 6 heteroatoms. The molecule has 0 aromatic heterocycles. The lowest BCUT2D eigenvalue weighted by Crippen LogP contribution is -2.45. The maximum Gasteiger partial charge on any atom is 0.305 e. The molecule has 0 spiro atoms. The smallest absolute Gasteiger partial charge is 0.305 e. The molecule has 0 bridgehead atoms. The van der Waals surface area contributed by atoms with Gasteiger partial charge in [-0.15, -0.1) is 0 Å². The molecule has 0 heterocycles. The van der Waals surface area contributed by atoms with Crippen LogP contribution in [0, 0.1) is 0 Å². The highest BCUT2D eigenvalue weighted by molar-refractivity contribution is 5.76. The Kier molecular flexibility index (Phi) is 54.0. The van der Waals surface area contributed by atoms with Crippen molar-refractivity contribution in [1.29, 1.82) is 0 Å². The number of unbranched alkanes of at least 4 members (excludes halogenated alkanes) is 42. The van der Waals surface area contributed by atoms with E-state index in [0.29, 0.717) is 25.9 Å². The molecule has 2 atom stereocenters. The van der Waals surface area contributed by atoms with Crippen LogP contribution in [0.5, 0.6) is 0 Å². The number of hydrogen-bond acceptors (Lipinski definition) is 5. The van der Waals surface area contributed by atoms with Gasteiger partial charge in [0.25, 0.3) is 0 Å². The highest BCUT2D eigenvalue weighted by Crippen LogP contribution is 2.18. The van der Waals surface area contributed by atoms with E-state index in [1.807, 2.05) is 0 Å². The van der Waals surface area contributed by atoms with Crippen molar-refractivity contribution >= 4 is 11.9 Å². The largest absolute Gasteiger partial charge is 0.466 e. The Labute approximate surface area is 406 Å². The summed E-state index contributed by atoms with van der Waals surface area (Å²) in [4.78, 5) is 24.4. The van der Waals surface area contributed by atoms with Gasteiger partial charge in [-0.3, -0.25) is 9.59 Å². The summed E-state index contributed by atoms with van der Waals surface area (Å²) >= 11 is 0. The Morgan fingerprint density at radius 3 is 1.14 bits per heavy atom. The summed E-state index contributed by atoms with van der Waals surface area (Å²) < 4.78 is 5.46. The maximum atomic E-state index is 12.4. The number of esters is 1. The van der Waals surface area contributed by atoms with Gasteiger partial charge in [0, 0.05) is 12.8 Å². The Bertz CT molecular complexity index is 970. The van der Waals surface area contributed by atoms with Crippen LogP contribution in [0.25, 0.3) is 0 Å². The predicted molar refractivity (Wildman–Crippen MR) is 283 cm³/mol. The van der Waals surface area contributed by atoms with Crippen LogP contribution < -0.4 is 5.32 Å². The summed E-state index contributed by atoms with van der Waals surface area (Å²) in [7, 11) is 0. The second-order valence-electron chi connectivity index (χ2n) is 20.3. The number of carbonyl (C=O) groups excluding carboxylic acids is 2. The van der Waals surface area contributed by atoms with Crippen LogP contribution in [0.3, 0.4) is 0 Å². The van der Waals surface area contributed by atoms with Crippen LogP contribution in [0.4, 0.5) is 0 Å². The molecule has 0 saturated carbocycles. The molecule has 2 unspecified atom stereocenters. The first-order valence-corrected chi connectivity index (χ1v) is 29.4. The molecular weight excluding hydrogens is 803 g/mol. The molecule has 0 aromatic rings. The Hall–Kier alpha value is -1.40. The fourth-order valence-corrected chi connectivity index (χ4v) is 9.27. The zero-order valence-electron chi connectivity index (χ0n) is 44.0. The number of nitrogens with one attached hydrogen (secondary N) is 1. The quantitative estimate of drug-likeness (QED) is 0.0321. The molecule has 65 heavy (non-hydrogen) atoms. The molecule has 0 aliphatic carbocycles. The van der Waals surface area contributed by atoms with Crippen molar-refractivity contribution in [1.82, 2.24) is 5.32 Å². The van der Waals surface area contributed by atoms with Crippen molar-refractivity contribution in [2.24, 2.45) is 0 Å². The fraction of sp³-hybridized carbons (Fsp3) is 0.932. The molecule has 1 amide bonds. The second kappa shape index (κ2) is 55.2. The number of hydrogen-bond donors (Lipinski definition) is 3. The van der Waals surface area contributed by atoms with Crippen LogP contribution in [-0.4, -0.2) is 47.4 Å². The van der Waals surface area contributed by atoms with E-state index >= 15 is 0 Å². The van der Waals surface area contributed by atoms with E-state index in [9.17, 15) is 19.8 Å². The number of rotatable bonds is 55. The van der Waals surface area contributed by atoms with E-state index in [2.05, 4.69) is 31.3 Å². The van der Waals surface area contributed by atoms with Gasteiger partial charge in [-0.05, 0) is 44.9 Å². The molecular formula is C59H115NO5. The van der Waals surface area contributed by atoms with Crippen molar-refractivity contribution < 1.29 is 24.5 Å². The Balaban J connectivity index is 3.30. The van der Waals surface area contributed by atoms with Gasteiger partial charge in [0.2, 0.25) is 5.91 Å². The number of aliphatic hydroxyl groups is 2. The highest BCUT2D eigenvalue weighted by atomic mass is 16.5. The van der Waals surface area contributed by atoms with E-state index in [1.54, 1.807) is 0 Å². The SMILES string of the molecule is CCCC/C=C\CCCCCCCC(=O)OCCCCCCCCCCCCCCCCCCCCCCCCCCCCCCC(=O)NC(CO)C(O)CCCCCCCCCCC. The Morgan fingerprint density at radius 2 is 0.738 bits per heavy atom. The van der Waals surface area contributed by atoms with E-state index in [1.165, 1.54) is 250 Å². The molecule has 3 N–H and O–H groups in total. The minimum Gasteiger partial charge on any atom is -0.466 e. The van der Waals surface area contributed by atoms with E-state index in [-0.39, 0.29) is 18.5 Å². The number of ether oxygens (including phenoxy) is 1. The maximum absolute atomic E-state index is 12.4. The third-order valence-electron chi connectivity index (χ3n) is 13.8. The third-order valence-corrected chi connectivity index (χ3v) is 13.8. The fourth-order valence-electron chi connectivity index (χ4n) is 9.27. The molecule has 0 saturated heterocycles. The van der Waals surface area contributed by atoms with Crippen molar-refractivity contribution in [2.75, 3.05) is 13.2 Å². The second-order valence-corrected chi connectivity index (χ2v) is 20.3. The molecule has 0 fully saturated rings. The summed E-state index contributed by atoms with van der Waals surface area (Å²) in [5.41, 5.74) is 0. The topological polar surface area (TPSA) is 95.9 Å². The lowest BCUT2D eigenvalue weighted by Gasteiger charge is -2.22. The van der Waals surface area contributed by atoms with Crippen LogP contribution in [0.1, 0.15) is 328 Å². The third kappa shape index (κ3) is 51.8. The minimum absolute atomic E-state index is 0.00779. The molecule has 0 aliphatic rings.